The molecule has 4 aliphatic heterocycles. The van der Waals surface area contributed by atoms with Gasteiger partial charge in [0.05, 0.1) is 50.3 Å². The van der Waals surface area contributed by atoms with Gasteiger partial charge in [-0.2, -0.15) is 9.13 Å². The molecular weight excluding hydrogens is 733 g/mol. The van der Waals surface area contributed by atoms with Gasteiger partial charge in [-0.15, -0.1) is 0 Å². The van der Waals surface area contributed by atoms with Crippen molar-refractivity contribution in [2.24, 2.45) is 0 Å². The van der Waals surface area contributed by atoms with Gasteiger partial charge in [-0.1, -0.05) is 0 Å². The van der Waals surface area contributed by atoms with Crippen LogP contribution in [0.2, 0.25) is 0 Å². The second-order valence-electron chi connectivity index (χ2n) is 12.9. The highest BCUT2D eigenvalue weighted by atomic mass is 32.3. The Hall–Kier alpha value is -6.03. The molecule has 0 unspecified atom stereocenters. The van der Waals surface area contributed by atoms with E-state index in [1.807, 2.05) is 12.1 Å². The van der Waals surface area contributed by atoms with E-state index >= 15 is 0 Å². The first-order valence-corrected chi connectivity index (χ1v) is 18.6. The van der Waals surface area contributed by atoms with E-state index in [4.69, 9.17) is 55.4 Å². The monoisotopic (exact) mass is 768 g/mol. The van der Waals surface area contributed by atoms with Crippen molar-refractivity contribution in [2.75, 3.05) is 42.0 Å². The Morgan fingerprint density at radius 2 is 0.945 bits per heavy atom. The van der Waals surface area contributed by atoms with Crippen molar-refractivity contribution in [3.8, 4) is 68.5 Å². The number of benzene rings is 4. The Morgan fingerprint density at radius 1 is 0.564 bits per heavy atom. The van der Waals surface area contributed by atoms with E-state index in [9.17, 15) is 0 Å². The molecule has 15 heteroatoms. The molecule has 0 amide bonds. The van der Waals surface area contributed by atoms with Crippen molar-refractivity contribution in [1.82, 2.24) is 0 Å². The van der Waals surface area contributed by atoms with Crippen LogP contribution in [0, 0.1) is 0 Å². The number of hydrogen-bond donors (Lipinski definition) is 0. The summed E-state index contributed by atoms with van der Waals surface area (Å²) in [6.45, 7) is 2.43. The van der Waals surface area contributed by atoms with Crippen molar-refractivity contribution in [2.45, 2.75) is 25.9 Å². The minimum Gasteiger partial charge on any atom is -0.759 e. The van der Waals surface area contributed by atoms with Crippen LogP contribution < -0.4 is 47.0 Å². The third-order valence-electron chi connectivity index (χ3n) is 10.0. The maximum Gasteiger partial charge on any atom is 0.231 e. The molecule has 0 atom stereocenters. The van der Waals surface area contributed by atoms with Crippen LogP contribution in [0.1, 0.15) is 11.1 Å². The van der Waals surface area contributed by atoms with Gasteiger partial charge in [0, 0.05) is 35.4 Å². The van der Waals surface area contributed by atoms with E-state index in [2.05, 4.69) is 70.1 Å². The highest BCUT2D eigenvalue weighted by Gasteiger charge is 2.30. The number of aryl methyl sites for hydroxylation is 4. The van der Waals surface area contributed by atoms with Gasteiger partial charge in [-0.25, -0.2) is 0 Å². The Bertz CT molecular complexity index is 2440. The van der Waals surface area contributed by atoms with E-state index < -0.39 is 10.4 Å². The Balaban J connectivity index is 0.000000139. The van der Waals surface area contributed by atoms with Gasteiger partial charge < -0.3 is 47.0 Å². The molecule has 4 aliphatic rings. The topological polar surface area (TPSA) is 162 Å². The van der Waals surface area contributed by atoms with Crippen LogP contribution in [-0.2, 0) is 36.3 Å². The van der Waals surface area contributed by atoms with E-state index in [1.54, 1.807) is 28.4 Å². The molecule has 0 radical (unpaired) electrons. The third kappa shape index (κ3) is 6.81. The molecule has 6 heterocycles. The number of pyridine rings is 2. The summed E-state index contributed by atoms with van der Waals surface area (Å²) in [6, 6.07) is 20.8. The number of fused-ring (bicyclic) bond motifs is 10. The van der Waals surface area contributed by atoms with Gasteiger partial charge in [-0.3, -0.25) is 8.42 Å². The number of hydrogen-bond acceptors (Lipinski definition) is 12. The summed E-state index contributed by atoms with van der Waals surface area (Å²) in [5.41, 5.74) is 7.35. The number of nitrogens with zero attached hydrogens (tertiary/aromatic N) is 2. The summed E-state index contributed by atoms with van der Waals surface area (Å²) in [6.07, 6.45) is 6.22. The first-order chi connectivity index (χ1) is 26.6. The fourth-order valence-electron chi connectivity index (χ4n) is 7.54. The fraction of sp³-hybridized carbons (Fsp3) is 0.250. The van der Waals surface area contributed by atoms with Gasteiger partial charge in [0.15, 0.2) is 71.5 Å². The van der Waals surface area contributed by atoms with Crippen LogP contribution >= 0.6 is 0 Å². The zero-order valence-corrected chi connectivity index (χ0v) is 31.2. The number of aromatic nitrogens is 2. The molecular formula is C40H36N2O12S. The molecule has 4 aromatic carbocycles. The number of rotatable bonds is 4. The van der Waals surface area contributed by atoms with E-state index in [0.29, 0.717) is 13.6 Å². The average Bonchev–Trinajstić information content (AvgIpc) is 3.85. The molecule has 0 N–H and O–H groups in total. The highest BCUT2D eigenvalue weighted by Crippen LogP contribution is 2.43. The van der Waals surface area contributed by atoms with Gasteiger partial charge in [0.25, 0.3) is 0 Å². The summed E-state index contributed by atoms with van der Waals surface area (Å²) < 4.78 is 82.9. The van der Waals surface area contributed by atoms with Crippen LogP contribution in [0.25, 0.3) is 44.1 Å². The molecule has 0 bridgehead atoms. The molecule has 55 heavy (non-hydrogen) atoms. The van der Waals surface area contributed by atoms with Gasteiger partial charge in [-0.05, 0) is 70.4 Å². The average molecular weight is 769 g/mol. The van der Waals surface area contributed by atoms with Crippen molar-refractivity contribution in [1.29, 1.82) is 0 Å². The summed E-state index contributed by atoms with van der Waals surface area (Å²) in [4.78, 5) is 0. The summed E-state index contributed by atoms with van der Waals surface area (Å²) in [7, 11) is 1.51. The summed E-state index contributed by atoms with van der Waals surface area (Å²) >= 11 is 0. The normalized spacial score (nSPS) is 13.9. The van der Waals surface area contributed by atoms with Crippen LogP contribution in [0.5, 0.6) is 46.0 Å². The minimum absolute atomic E-state index is 0.299. The minimum atomic E-state index is -5.17. The Morgan fingerprint density at radius 3 is 1.31 bits per heavy atom. The molecule has 0 saturated heterocycles. The van der Waals surface area contributed by atoms with Crippen molar-refractivity contribution in [3.05, 3.63) is 84.2 Å². The zero-order valence-electron chi connectivity index (χ0n) is 30.4. The van der Waals surface area contributed by atoms with Crippen LogP contribution in [0.4, 0.5) is 0 Å². The van der Waals surface area contributed by atoms with Crippen LogP contribution in [-0.4, -0.2) is 59.5 Å². The summed E-state index contributed by atoms with van der Waals surface area (Å²) in [5, 5.41) is 4.34. The third-order valence-corrected chi connectivity index (χ3v) is 10.0. The maximum absolute atomic E-state index is 8.52. The van der Waals surface area contributed by atoms with Gasteiger partial charge >= 0.3 is 0 Å². The molecule has 284 valence electrons. The highest BCUT2D eigenvalue weighted by molar-refractivity contribution is 7.79. The summed E-state index contributed by atoms with van der Waals surface area (Å²) in [5.74, 6) is 6.36. The second kappa shape index (κ2) is 14.3. The molecule has 0 fully saturated rings. The predicted molar refractivity (Wildman–Crippen MR) is 195 cm³/mol. The van der Waals surface area contributed by atoms with Crippen molar-refractivity contribution >= 4 is 31.9 Å². The van der Waals surface area contributed by atoms with E-state index in [0.717, 1.165) is 93.5 Å². The van der Waals surface area contributed by atoms with E-state index in [1.165, 1.54) is 33.6 Å². The van der Waals surface area contributed by atoms with Crippen LogP contribution in [0.3, 0.4) is 0 Å². The zero-order chi connectivity index (χ0) is 38.4. The van der Waals surface area contributed by atoms with Crippen LogP contribution in [0.15, 0.2) is 73.1 Å². The first-order valence-electron chi connectivity index (χ1n) is 17.3. The van der Waals surface area contributed by atoms with Crippen molar-refractivity contribution in [3.63, 3.8) is 0 Å². The van der Waals surface area contributed by atoms with Gasteiger partial charge in [0.1, 0.15) is 0 Å². The lowest BCUT2D eigenvalue weighted by atomic mass is 9.95. The fourth-order valence-corrected chi connectivity index (χ4v) is 7.54. The molecule has 14 nitrogen and oxygen atoms in total. The standard InChI is InChI=1S/2C20H18NO4.H2O4S/c2*1-22-17-4-3-12-7-16-14-9-19-18(24-11-25-19)8-13(14)5-6-21(16)10-15(12)20(17)23-2;1-5(2,3)4/h2*3-4,7-10H,5-6,11H2,1-2H3;(H2,1,2,3,4)/q2*+1;/p-2. The Labute approximate surface area is 316 Å². The Kier molecular flexibility index (Phi) is 9.37. The molecule has 0 spiro atoms. The SMILES string of the molecule is COc1ccc2cc3[n+](cc2c1OC)CCc1cc2c(cc1-3)OCO2.COc1ccc2cc3[n+](cc2c1OC)CCc1cc2c(cc1-3)OCO2.O=S(=O)([O-])[O-]. The lowest BCUT2D eigenvalue weighted by molar-refractivity contribution is -0.686. The second-order valence-corrected chi connectivity index (χ2v) is 13.8. The predicted octanol–water partition coefficient (Wildman–Crippen LogP) is 4.85. The smallest absolute Gasteiger partial charge is 0.231 e. The first kappa shape index (κ1) is 36.0. The molecule has 10 rings (SSSR count). The number of ether oxygens (including phenoxy) is 8. The molecule has 0 saturated carbocycles. The largest absolute Gasteiger partial charge is 0.759 e. The number of methoxy groups -OCH3 is 4. The van der Waals surface area contributed by atoms with Gasteiger partial charge in [0.2, 0.25) is 25.0 Å². The molecule has 6 aromatic rings. The van der Waals surface area contributed by atoms with E-state index in [-0.39, 0.29) is 0 Å². The maximum atomic E-state index is 8.52. The molecule has 2 aromatic heterocycles. The quantitative estimate of drug-likeness (QED) is 0.136. The lowest BCUT2D eigenvalue weighted by Gasteiger charge is -2.17. The molecule has 0 aliphatic carbocycles. The van der Waals surface area contributed by atoms with Crippen molar-refractivity contribution < 1.29 is 64.6 Å². The lowest BCUT2D eigenvalue weighted by Crippen LogP contribution is -2.40.